The van der Waals surface area contributed by atoms with Gasteiger partial charge in [-0.25, -0.2) is 0 Å². The van der Waals surface area contributed by atoms with Gasteiger partial charge in [0, 0.05) is 11.6 Å². The molecule has 1 saturated carbocycles. The Balaban J connectivity index is 1.92. The molecule has 0 aliphatic heterocycles. The van der Waals surface area contributed by atoms with Crippen molar-refractivity contribution < 1.29 is 9.66 Å². The van der Waals surface area contributed by atoms with E-state index in [0.29, 0.717) is 12.2 Å². The van der Waals surface area contributed by atoms with E-state index in [1.807, 2.05) is 0 Å². The molecular formula is C13H18N2O3. The van der Waals surface area contributed by atoms with Gasteiger partial charge in [-0.1, -0.05) is 25.0 Å². The van der Waals surface area contributed by atoms with Gasteiger partial charge in [0.15, 0.2) is 0 Å². The van der Waals surface area contributed by atoms with Crippen molar-refractivity contribution in [2.45, 2.75) is 37.8 Å². The Kier molecular flexibility index (Phi) is 3.93. The van der Waals surface area contributed by atoms with Crippen molar-refractivity contribution >= 4 is 5.69 Å². The summed E-state index contributed by atoms with van der Waals surface area (Å²) < 4.78 is 5.57. The minimum atomic E-state index is -0.382. The molecule has 2 rings (SSSR count). The van der Waals surface area contributed by atoms with Crippen molar-refractivity contribution in [2.24, 2.45) is 5.73 Å². The zero-order valence-electron chi connectivity index (χ0n) is 10.3. The van der Waals surface area contributed by atoms with E-state index in [2.05, 4.69) is 0 Å². The number of para-hydroxylation sites is 1. The fraction of sp³-hybridized carbons (Fsp3) is 0.538. The highest BCUT2D eigenvalue weighted by Gasteiger charge is 2.29. The van der Waals surface area contributed by atoms with Gasteiger partial charge in [0.05, 0.1) is 23.7 Å². The first-order valence-corrected chi connectivity index (χ1v) is 6.20. The van der Waals surface area contributed by atoms with Crippen molar-refractivity contribution in [1.82, 2.24) is 0 Å². The lowest BCUT2D eigenvalue weighted by molar-refractivity contribution is -0.386. The maximum Gasteiger partial charge on any atom is 0.274 e. The highest BCUT2D eigenvalue weighted by Crippen LogP contribution is 2.28. The highest BCUT2D eigenvalue weighted by atomic mass is 16.6. The molecule has 0 spiro atoms. The van der Waals surface area contributed by atoms with Gasteiger partial charge in [-0.2, -0.15) is 0 Å². The van der Waals surface area contributed by atoms with Crippen LogP contribution in [-0.2, 0) is 11.3 Å². The number of benzene rings is 1. The van der Waals surface area contributed by atoms with E-state index in [1.54, 1.807) is 18.2 Å². The van der Waals surface area contributed by atoms with Crippen LogP contribution in [0.2, 0.25) is 0 Å². The average molecular weight is 250 g/mol. The second-order valence-electron chi connectivity index (χ2n) is 4.95. The molecule has 1 aromatic rings. The van der Waals surface area contributed by atoms with E-state index in [9.17, 15) is 10.1 Å². The molecule has 0 aromatic heterocycles. The molecule has 0 radical (unpaired) electrons. The SMILES string of the molecule is NC1(COCc2ccccc2[N+](=O)[O-])CCCC1. The number of nitro groups is 1. The van der Waals surface area contributed by atoms with Crippen LogP contribution in [0.3, 0.4) is 0 Å². The summed E-state index contributed by atoms with van der Waals surface area (Å²) in [6.45, 7) is 0.717. The molecule has 0 amide bonds. The van der Waals surface area contributed by atoms with Crippen LogP contribution >= 0.6 is 0 Å². The quantitative estimate of drug-likeness (QED) is 0.642. The minimum Gasteiger partial charge on any atom is -0.375 e. The molecule has 1 fully saturated rings. The van der Waals surface area contributed by atoms with Gasteiger partial charge in [-0.3, -0.25) is 10.1 Å². The van der Waals surface area contributed by atoms with Crippen molar-refractivity contribution in [1.29, 1.82) is 0 Å². The van der Waals surface area contributed by atoms with Gasteiger partial charge in [0.1, 0.15) is 0 Å². The predicted molar refractivity (Wildman–Crippen MR) is 68.1 cm³/mol. The van der Waals surface area contributed by atoms with E-state index >= 15 is 0 Å². The first-order chi connectivity index (χ1) is 8.61. The third-order valence-electron chi connectivity index (χ3n) is 3.43. The number of rotatable bonds is 5. The van der Waals surface area contributed by atoms with Crippen LogP contribution in [0, 0.1) is 10.1 Å². The second kappa shape index (κ2) is 5.46. The van der Waals surface area contributed by atoms with Crippen LogP contribution in [-0.4, -0.2) is 17.1 Å². The van der Waals surface area contributed by atoms with E-state index in [4.69, 9.17) is 10.5 Å². The number of nitrogens with two attached hydrogens (primary N) is 1. The van der Waals surface area contributed by atoms with Crippen LogP contribution in [0.4, 0.5) is 5.69 Å². The monoisotopic (exact) mass is 250 g/mol. The Morgan fingerprint density at radius 3 is 2.67 bits per heavy atom. The lowest BCUT2D eigenvalue weighted by Gasteiger charge is -2.23. The molecule has 5 heteroatoms. The van der Waals surface area contributed by atoms with Crippen LogP contribution in [0.5, 0.6) is 0 Å². The summed E-state index contributed by atoms with van der Waals surface area (Å²) in [5.74, 6) is 0. The molecule has 0 heterocycles. The van der Waals surface area contributed by atoms with Crippen molar-refractivity contribution in [3.05, 3.63) is 39.9 Å². The molecule has 0 atom stereocenters. The Bertz CT molecular complexity index is 428. The summed E-state index contributed by atoms with van der Waals surface area (Å²) in [6, 6.07) is 6.64. The van der Waals surface area contributed by atoms with Gasteiger partial charge in [0.2, 0.25) is 0 Å². The van der Waals surface area contributed by atoms with Crippen molar-refractivity contribution in [3.8, 4) is 0 Å². The number of hydrogen-bond donors (Lipinski definition) is 1. The van der Waals surface area contributed by atoms with Gasteiger partial charge in [0.25, 0.3) is 5.69 Å². The Morgan fingerprint density at radius 2 is 2.00 bits per heavy atom. The Morgan fingerprint density at radius 1 is 1.33 bits per heavy atom. The maximum absolute atomic E-state index is 10.8. The standard InChI is InChI=1S/C13H18N2O3/c14-13(7-3-4-8-13)10-18-9-11-5-1-2-6-12(11)15(16)17/h1-2,5-6H,3-4,7-10,14H2. The maximum atomic E-state index is 10.8. The van der Waals surface area contributed by atoms with Gasteiger partial charge < -0.3 is 10.5 Å². The summed E-state index contributed by atoms with van der Waals surface area (Å²) in [7, 11) is 0. The fourth-order valence-electron chi connectivity index (χ4n) is 2.40. The first kappa shape index (κ1) is 13.0. The third-order valence-corrected chi connectivity index (χ3v) is 3.43. The van der Waals surface area contributed by atoms with Crippen LogP contribution in [0.25, 0.3) is 0 Å². The number of nitro benzene ring substituents is 1. The number of nitrogens with zero attached hydrogens (tertiary/aromatic N) is 1. The Labute approximate surface area is 106 Å². The van der Waals surface area contributed by atoms with Gasteiger partial charge >= 0.3 is 0 Å². The topological polar surface area (TPSA) is 78.4 Å². The summed E-state index contributed by atoms with van der Waals surface area (Å²) in [5, 5.41) is 10.8. The summed E-state index contributed by atoms with van der Waals surface area (Å²) in [5.41, 5.74) is 6.64. The first-order valence-electron chi connectivity index (χ1n) is 6.20. The van der Waals surface area contributed by atoms with Crippen LogP contribution in [0.1, 0.15) is 31.2 Å². The lowest BCUT2D eigenvalue weighted by atomic mass is 10.0. The summed E-state index contributed by atoms with van der Waals surface area (Å²) >= 11 is 0. The highest BCUT2D eigenvalue weighted by molar-refractivity contribution is 5.39. The van der Waals surface area contributed by atoms with Crippen molar-refractivity contribution in [2.75, 3.05) is 6.61 Å². The fourth-order valence-corrected chi connectivity index (χ4v) is 2.40. The molecule has 1 aromatic carbocycles. The molecule has 2 N–H and O–H groups in total. The molecule has 98 valence electrons. The minimum absolute atomic E-state index is 0.106. The molecular weight excluding hydrogens is 232 g/mol. The zero-order valence-corrected chi connectivity index (χ0v) is 10.3. The molecule has 0 bridgehead atoms. The Hall–Kier alpha value is -1.46. The van der Waals surface area contributed by atoms with E-state index in [1.165, 1.54) is 6.07 Å². The smallest absolute Gasteiger partial charge is 0.274 e. The molecule has 18 heavy (non-hydrogen) atoms. The second-order valence-corrected chi connectivity index (χ2v) is 4.95. The lowest BCUT2D eigenvalue weighted by Crippen LogP contribution is -2.41. The molecule has 0 unspecified atom stereocenters. The molecule has 5 nitrogen and oxygen atoms in total. The molecule has 0 saturated heterocycles. The van der Waals surface area contributed by atoms with Crippen LogP contribution in [0.15, 0.2) is 24.3 Å². The number of ether oxygens (including phenoxy) is 1. The number of hydrogen-bond acceptors (Lipinski definition) is 4. The van der Waals surface area contributed by atoms with E-state index < -0.39 is 0 Å². The summed E-state index contributed by atoms with van der Waals surface area (Å²) in [4.78, 5) is 10.4. The third kappa shape index (κ3) is 3.05. The largest absolute Gasteiger partial charge is 0.375 e. The van der Waals surface area contributed by atoms with Gasteiger partial charge in [-0.05, 0) is 18.9 Å². The van der Waals surface area contributed by atoms with Crippen molar-refractivity contribution in [3.63, 3.8) is 0 Å². The molecule has 1 aliphatic carbocycles. The molecule has 1 aliphatic rings. The normalized spacial score (nSPS) is 17.8. The van der Waals surface area contributed by atoms with Crippen LogP contribution < -0.4 is 5.73 Å². The van der Waals surface area contributed by atoms with E-state index in [-0.39, 0.29) is 22.8 Å². The predicted octanol–water partition coefficient (Wildman–Crippen LogP) is 2.38. The van der Waals surface area contributed by atoms with Gasteiger partial charge in [-0.15, -0.1) is 0 Å². The zero-order chi connectivity index (χ0) is 13.0. The van der Waals surface area contributed by atoms with E-state index in [0.717, 1.165) is 25.7 Å². The summed E-state index contributed by atoms with van der Waals surface area (Å²) in [6.07, 6.45) is 4.24. The average Bonchev–Trinajstić information content (AvgIpc) is 2.77.